The molecular formula is C17H19N3O4. The molecule has 1 aliphatic rings. The van der Waals surface area contributed by atoms with Gasteiger partial charge in [0.25, 0.3) is 5.91 Å². The van der Waals surface area contributed by atoms with Gasteiger partial charge in [-0.2, -0.15) is 4.98 Å². The fourth-order valence-electron chi connectivity index (χ4n) is 2.23. The summed E-state index contributed by atoms with van der Waals surface area (Å²) in [5.74, 6) is 0.388. The Bertz CT molecular complexity index is 737. The second-order valence-corrected chi connectivity index (χ2v) is 5.66. The Kier molecular flexibility index (Phi) is 4.79. The van der Waals surface area contributed by atoms with Crippen LogP contribution in [0.25, 0.3) is 0 Å². The van der Waals surface area contributed by atoms with Crippen molar-refractivity contribution in [1.29, 1.82) is 0 Å². The van der Waals surface area contributed by atoms with Gasteiger partial charge < -0.3 is 14.5 Å². The van der Waals surface area contributed by atoms with Gasteiger partial charge in [0.05, 0.1) is 7.11 Å². The van der Waals surface area contributed by atoms with E-state index in [-0.39, 0.29) is 29.4 Å². The number of nitrogens with zero attached hydrogens (tertiary/aromatic N) is 1. The average molecular weight is 329 g/mol. The summed E-state index contributed by atoms with van der Waals surface area (Å²) in [5.41, 5.74) is 1.21. The number of carbonyl (C=O) groups is 2. The number of oxazole rings is 1. The molecule has 3 rings (SSSR count). The highest BCUT2D eigenvalue weighted by atomic mass is 16.5. The normalized spacial score (nSPS) is 13.4. The van der Waals surface area contributed by atoms with Gasteiger partial charge in [-0.15, -0.1) is 0 Å². The van der Waals surface area contributed by atoms with Crippen LogP contribution in [0.5, 0.6) is 5.75 Å². The molecule has 2 N–H and O–H groups in total. The van der Waals surface area contributed by atoms with Crippen LogP contribution >= 0.6 is 0 Å². The first-order chi connectivity index (χ1) is 11.7. The lowest BCUT2D eigenvalue weighted by Gasteiger charge is -2.05. The van der Waals surface area contributed by atoms with Crippen molar-refractivity contribution in [2.24, 2.45) is 5.92 Å². The Hall–Kier alpha value is -2.83. The van der Waals surface area contributed by atoms with Gasteiger partial charge >= 0.3 is 6.01 Å². The summed E-state index contributed by atoms with van der Waals surface area (Å²) >= 11 is 0. The molecule has 0 unspecified atom stereocenters. The molecule has 1 heterocycles. The molecule has 1 aromatic carbocycles. The van der Waals surface area contributed by atoms with E-state index in [1.807, 2.05) is 24.3 Å². The van der Waals surface area contributed by atoms with E-state index in [2.05, 4.69) is 15.6 Å². The lowest BCUT2D eigenvalue weighted by molar-refractivity contribution is -0.117. The maximum absolute atomic E-state index is 12.0. The number of rotatable bonds is 7. The molecule has 0 atom stereocenters. The topological polar surface area (TPSA) is 93.5 Å². The summed E-state index contributed by atoms with van der Waals surface area (Å²) in [6.45, 7) is 0.461. The summed E-state index contributed by atoms with van der Waals surface area (Å²) in [7, 11) is 1.62. The SMILES string of the molecule is COc1cccc(CCNC(=O)c2coc(NC(=O)C3CC3)n2)c1. The van der Waals surface area contributed by atoms with Crippen LogP contribution < -0.4 is 15.4 Å². The van der Waals surface area contributed by atoms with Crippen molar-refractivity contribution < 1.29 is 18.7 Å². The van der Waals surface area contributed by atoms with Gasteiger partial charge in [-0.1, -0.05) is 12.1 Å². The zero-order valence-electron chi connectivity index (χ0n) is 13.4. The monoisotopic (exact) mass is 329 g/mol. The maximum Gasteiger partial charge on any atom is 0.302 e. The Balaban J connectivity index is 1.47. The van der Waals surface area contributed by atoms with Crippen LogP contribution in [0.15, 0.2) is 34.9 Å². The van der Waals surface area contributed by atoms with Gasteiger partial charge in [0.15, 0.2) is 5.69 Å². The summed E-state index contributed by atoms with van der Waals surface area (Å²) in [4.78, 5) is 27.6. The standard InChI is InChI=1S/C17H19N3O4/c1-23-13-4-2-3-11(9-13)7-8-18-16(22)14-10-24-17(19-14)20-15(21)12-5-6-12/h2-4,9-10,12H,5-8H2,1H3,(H,18,22)(H,19,20,21). The van der Waals surface area contributed by atoms with Crippen molar-refractivity contribution in [3.63, 3.8) is 0 Å². The molecule has 1 saturated carbocycles. The Labute approximate surface area is 139 Å². The number of hydrogen-bond donors (Lipinski definition) is 2. The number of aromatic nitrogens is 1. The van der Waals surface area contributed by atoms with Crippen LogP contribution in [0.1, 0.15) is 28.9 Å². The highest BCUT2D eigenvalue weighted by Gasteiger charge is 2.30. The van der Waals surface area contributed by atoms with Crippen LogP contribution in [0.3, 0.4) is 0 Å². The first-order valence-electron chi connectivity index (χ1n) is 7.83. The zero-order chi connectivity index (χ0) is 16.9. The summed E-state index contributed by atoms with van der Waals surface area (Å²) in [6.07, 6.45) is 3.70. The largest absolute Gasteiger partial charge is 0.497 e. The Morgan fingerprint density at radius 1 is 1.38 bits per heavy atom. The third-order valence-corrected chi connectivity index (χ3v) is 3.75. The number of carbonyl (C=O) groups excluding carboxylic acids is 2. The van der Waals surface area contributed by atoms with Crippen LogP contribution in [-0.4, -0.2) is 30.5 Å². The van der Waals surface area contributed by atoms with Gasteiger partial charge in [0, 0.05) is 12.5 Å². The highest BCUT2D eigenvalue weighted by Crippen LogP contribution is 2.30. The minimum atomic E-state index is -0.339. The van der Waals surface area contributed by atoms with Crippen LogP contribution in [-0.2, 0) is 11.2 Å². The lowest BCUT2D eigenvalue weighted by atomic mass is 10.1. The fraction of sp³-hybridized carbons (Fsp3) is 0.353. The van der Waals surface area contributed by atoms with Gasteiger partial charge in [-0.05, 0) is 37.0 Å². The third kappa shape index (κ3) is 4.13. The molecule has 7 nitrogen and oxygen atoms in total. The van der Waals surface area contributed by atoms with E-state index < -0.39 is 0 Å². The van der Waals surface area contributed by atoms with Gasteiger partial charge in [0.1, 0.15) is 12.0 Å². The zero-order valence-corrected chi connectivity index (χ0v) is 13.4. The van der Waals surface area contributed by atoms with E-state index in [4.69, 9.17) is 9.15 Å². The molecule has 24 heavy (non-hydrogen) atoms. The van der Waals surface area contributed by atoms with Crippen LogP contribution in [0.4, 0.5) is 6.01 Å². The number of amides is 2. The average Bonchev–Trinajstić information content (AvgIpc) is 3.35. The Morgan fingerprint density at radius 2 is 2.21 bits per heavy atom. The van der Waals surface area contributed by atoms with Crippen molar-refractivity contribution >= 4 is 17.8 Å². The molecule has 0 saturated heterocycles. The molecule has 1 fully saturated rings. The maximum atomic E-state index is 12.0. The first kappa shape index (κ1) is 16.0. The first-order valence-corrected chi connectivity index (χ1v) is 7.83. The van der Waals surface area contributed by atoms with Crippen molar-refractivity contribution in [1.82, 2.24) is 10.3 Å². The van der Waals surface area contributed by atoms with E-state index in [0.29, 0.717) is 13.0 Å². The molecular weight excluding hydrogens is 310 g/mol. The second-order valence-electron chi connectivity index (χ2n) is 5.66. The van der Waals surface area contributed by atoms with E-state index in [0.717, 1.165) is 24.2 Å². The quantitative estimate of drug-likeness (QED) is 0.810. The lowest BCUT2D eigenvalue weighted by Crippen LogP contribution is -2.26. The van der Waals surface area contributed by atoms with Gasteiger partial charge in [-0.25, -0.2) is 0 Å². The minimum absolute atomic E-state index is 0.0528. The van der Waals surface area contributed by atoms with E-state index >= 15 is 0 Å². The predicted octanol–water partition coefficient (Wildman–Crippen LogP) is 2.00. The number of anilines is 1. The van der Waals surface area contributed by atoms with Crippen LogP contribution in [0.2, 0.25) is 0 Å². The third-order valence-electron chi connectivity index (χ3n) is 3.75. The molecule has 0 radical (unpaired) electrons. The van der Waals surface area contributed by atoms with Crippen molar-refractivity contribution in [2.75, 3.05) is 19.0 Å². The number of methoxy groups -OCH3 is 1. The van der Waals surface area contributed by atoms with E-state index in [1.165, 1.54) is 6.26 Å². The highest BCUT2D eigenvalue weighted by molar-refractivity contribution is 5.94. The molecule has 7 heteroatoms. The smallest absolute Gasteiger partial charge is 0.302 e. The molecule has 0 spiro atoms. The number of ether oxygens (including phenoxy) is 1. The number of nitrogens with one attached hydrogen (secondary N) is 2. The van der Waals surface area contributed by atoms with Gasteiger partial charge in [0.2, 0.25) is 5.91 Å². The summed E-state index contributed by atoms with van der Waals surface area (Å²) in [5, 5.41) is 5.33. The van der Waals surface area contributed by atoms with Gasteiger partial charge in [-0.3, -0.25) is 14.9 Å². The van der Waals surface area contributed by atoms with Crippen molar-refractivity contribution in [3.8, 4) is 5.75 Å². The molecule has 0 bridgehead atoms. The van der Waals surface area contributed by atoms with Crippen molar-refractivity contribution in [3.05, 3.63) is 41.8 Å². The molecule has 126 valence electrons. The molecule has 1 aromatic heterocycles. The van der Waals surface area contributed by atoms with Crippen molar-refractivity contribution in [2.45, 2.75) is 19.3 Å². The van der Waals surface area contributed by atoms with E-state index in [1.54, 1.807) is 7.11 Å². The number of hydrogen-bond acceptors (Lipinski definition) is 5. The predicted molar refractivity (Wildman–Crippen MR) is 86.9 cm³/mol. The molecule has 1 aliphatic carbocycles. The minimum Gasteiger partial charge on any atom is -0.497 e. The molecule has 0 aliphatic heterocycles. The summed E-state index contributed by atoms with van der Waals surface area (Å²) in [6, 6.07) is 7.73. The molecule has 2 aromatic rings. The molecule has 2 amide bonds. The summed E-state index contributed by atoms with van der Waals surface area (Å²) < 4.78 is 10.3. The number of benzene rings is 1. The van der Waals surface area contributed by atoms with E-state index in [9.17, 15) is 9.59 Å². The fourth-order valence-corrected chi connectivity index (χ4v) is 2.23. The Morgan fingerprint density at radius 3 is 2.96 bits per heavy atom. The second kappa shape index (κ2) is 7.16. The van der Waals surface area contributed by atoms with Crippen LogP contribution in [0, 0.1) is 5.92 Å².